The first-order valence-electron chi connectivity index (χ1n) is 7.65. The Morgan fingerprint density at radius 1 is 1.27 bits per heavy atom. The highest BCUT2D eigenvalue weighted by atomic mass is 16.5. The van der Waals surface area contributed by atoms with E-state index in [4.69, 9.17) is 9.84 Å². The fourth-order valence-electron chi connectivity index (χ4n) is 1.81. The van der Waals surface area contributed by atoms with Gasteiger partial charge in [0.2, 0.25) is 0 Å². The average Bonchev–Trinajstić information content (AvgIpc) is 2.43. The van der Waals surface area contributed by atoms with Crippen LogP contribution in [-0.2, 0) is 6.54 Å². The van der Waals surface area contributed by atoms with Crippen LogP contribution in [0.2, 0.25) is 0 Å². The summed E-state index contributed by atoms with van der Waals surface area (Å²) in [6, 6.07) is 7.32. The van der Waals surface area contributed by atoms with Gasteiger partial charge in [-0.2, -0.15) is 0 Å². The second kappa shape index (κ2) is 8.03. The number of amides is 2. The van der Waals surface area contributed by atoms with Gasteiger partial charge in [-0.25, -0.2) is 4.79 Å². The molecule has 22 heavy (non-hydrogen) atoms. The molecule has 0 saturated carbocycles. The van der Waals surface area contributed by atoms with E-state index in [0.29, 0.717) is 6.54 Å². The van der Waals surface area contributed by atoms with Gasteiger partial charge in [0.05, 0.1) is 0 Å². The molecule has 0 aliphatic rings. The van der Waals surface area contributed by atoms with Gasteiger partial charge in [-0.3, -0.25) is 0 Å². The second-order valence-corrected chi connectivity index (χ2v) is 6.60. The van der Waals surface area contributed by atoms with Gasteiger partial charge in [0.25, 0.3) is 0 Å². The van der Waals surface area contributed by atoms with Crippen molar-refractivity contribution in [2.75, 3.05) is 6.61 Å². The summed E-state index contributed by atoms with van der Waals surface area (Å²) in [6.07, 6.45) is 0. The summed E-state index contributed by atoms with van der Waals surface area (Å²) in [6.45, 7) is 10.2. The number of hydrogen-bond donors (Lipinski definition) is 3. The van der Waals surface area contributed by atoms with Gasteiger partial charge in [0.15, 0.2) is 0 Å². The average molecular weight is 308 g/mol. The first kappa shape index (κ1) is 18.3. The maximum atomic E-state index is 11.9. The fraction of sp³-hybridized carbons (Fsp3) is 0.588. The van der Waals surface area contributed by atoms with Crippen LogP contribution < -0.4 is 15.4 Å². The lowest BCUT2D eigenvalue weighted by Crippen LogP contribution is -2.44. The third-order valence-corrected chi connectivity index (χ3v) is 3.33. The maximum Gasteiger partial charge on any atom is 0.315 e. The van der Waals surface area contributed by atoms with Crippen molar-refractivity contribution in [1.82, 2.24) is 10.6 Å². The van der Waals surface area contributed by atoms with Crippen molar-refractivity contribution >= 4 is 6.03 Å². The molecule has 2 amide bonds. The Hall–Kier alpha value is -1.75. The van der Waals surface area contributed by atoms with E-state index in [1.165, 1.54) is 0 Å². The molecule has 0 bridgehead atoms. The first-order valence-corrected chi connectivity index (χ1v) is 7.65. The number of hydrogen-bond acceptors (Lipinski definition) is 3. The predicted octanol–water partition coefficient (Wildman–Crippen LogP) is 2.68. The molecule has 0 aliphatic heterocycles. The van der Waals surface area contributed by atoms with E-state index >= 15 is 0 Å². The third-order valence-electron chi connectivity index (χ3n) is 3.33. The highest BCUT2D eigenvalue weighted by Crippen LogP contribution is 2.22. The molecular weight excluding hydrogens is 280 g/mol. The summed E-state index contributed by atoms with van der Waals surface area (Å²) in [4.78, 5) is 11.9. The Morgan fingerprint density at radius 3 is 2.50 bits per heavy atom. The summed E-state index contributed by atoms with van der Waals surface area (Å²) in [5.74, 6) is 0.786. The lowest BCUT2D eigenvalue weighted by Gasteiger charge is -2.23. The molecule has 0 heterocycles. The lowest BCUT2D eigenvalue weighted by atomic mass is 10.1. The predicted molar refractivity (Wildman–Crippen MR) is 87.9 cm³/mol. The van der Waals surface area contributed by atoms with Crippen molar-refractivity contribution in [2.24, 2.45) is 5.92 Å². The van der Waals surface area contributed by atoms with Crippen LogP contribution in [0.4, 0.5) is 4.79 Å². The summed E-state index contributed by atoms with van der Waals surface area (Å²) < 4.78 is 5.90. The molecule has 124 valence electrons. The largest absolute Gasteiger partial charge is 0.488 e. The topological polar surface area (TPSA) is 70.6 Å². The van der Waals surface area contributed by atoms with Crippen LogP contribution in [0.5, 0.6) is 5.75 Å². The molecule has 0 spiro atoms. The first-order chi connectivity index (χ1) is 10.2. The number of carbonyl (C=O) groups is 1. The van der Waals surface area contributed by atoms with Crippen molar-refractivity contribution < 1.29 is 14.6 Å². The van der Waals surface area contributed by atoms with Gasteiger partial charge in [0.1, 0.15) is 11.4 Å². The molecule has 1 rings (SSSR count). The molecular formula is C17H28N2O3. The van der Waals surface area contributed by atoms with Crippen LogP contribution in [0.15, 0.2) is 24.3 Å². The molecule has 3 N–H and O–H groups in total. The SMILES string of the molecule is CC(CO)C(C)NC(=O)NCc1ccccc1OC(C)(C)C. The Bertz CT molecular complexity index is 483. The van der Waals surface area contributed by atoms with E-state index in [1.54, 1.807) is 0 Å². The molecule has 0 aliphatic carbocycles. The highest BCUT2D eigenvalue weighted by Gasteiger charge is 2.16. The number of nitrogens with one attached hydrogen (secondary N) is 2. The minimum absolute atomic E-state index is 0.0160. The van der Waals surface area contributed by atoms with Crippen LogP contribution in [0.25, 0.3) is 0 Å². The zero-order chi connectivity index (χ0) is 16.8. The molecule has 0 saturated heterocycles. The van der Waals surface area contributed by atoms with Crippen molar-refractivity contribution in [3.63, 3.8) is 0 Å². The summed E-state index contributed by atoms with van der Waals surface area (Å²) in [7, 11) is 0. The van der Waals surface area contributed by atoms with Gasteiger partial charge in [-0.15, -0.1) is 0 Å². The Kier molecular flexibility index (Phi) is 6.68. The molecule has 2 unspecified atom stereocenters. The Balaban J connectivity index is 2.59. The maximum absolute atomic E-state index is 11.9. The quantitative estimate of drug-likeness (QED) is 0.756. The number of ether oxygens (including phenoxy) is 1. The number of rotatable bonds is 6. The summed E-state index contributed by atoms with van der Waals surface area (Å²) in [5, 5.41) is 14.7. The van der Waals surface area contributed by atoms with Gasteiger partial charge >= 0.3 is 6.03 Å². The zero-order valence-electron chi connectivity index (χ0n) is 14.1. The van der Waals surface area contributed by atoms with E-state index < -0.39 is 0 Å². The van der Waals surface area contributed by atoms with E-state index in [0.717, 1.165) is 11.3 Å². The molecule has 5 nitrogen and oxygen atoms in total. The van der Waals surface area contributed by atoms with E-state index in [-0.39, 0.29) is 30.2 Å². The van der Waals surface area contributed by atoms with Crippen LogP contribution in [0.1, 0.15) is 40.2 Å². The lowest BCUT2D eigenvalue weighted by molar-refractivity contribution is 0.129. The van der Waals surface area contributed by atoms with E-state index in [2.05, 4.69) is 10.6 Å². The normalized spacial score (nSPS) is 14.1. The van der Waals surface area contributed by atoms with E-state index in [9.17, 15) is 4.79 Å². The fourth-order valence-corrected chi connectivity index (χ4v) is 1.81. The summed E-state index contributed by atoms with van der Waals surface area (Å²) in [5.41, 5.74) is 0.638. The number of para-hydroxylation sites is 1. The van der Waals surface area contributed by atoms with Crippen molar-refractivity contribution in [2.45, 2.75) is 52.8 Å². The Morgan fingerprint density at radius 2 is 1.91 bits per heavy atom. The second-order valence-electron chi connectivity index (χ2n) is 6.60. The van der Waals surface area contributed by atoms with Crippen LogP contribution in [-0.4, -0.2) is 29.4 Å². The number of carbonyl (C=O) groups excluding carboxylic acids is 1. The molecule has 5 heteroatoms. The number of urea groups is 1. The molecule has 1 aromatic carbocycles. The van der Waals surface area contributed by atoms with E-state index in [1.807, 2.05) is 58.9 Å². The van der Waals surface area contributed by atoms with Gasteiger partial charge in [-0.05, 0) is 39.7 Å². The standard InChI is InChI=1S/C17H28N2O3/c1-12(11-20)13(2)19-16(21)18-10-14-8-6-7-9-15(14)22-17(3,4)5/h6-9,12-13,20H,10-11H2,1-5H3,(H2,18,19,21). The minimum atomic E-state index is -0.288. The molecule has 0 fully saturated rings. The molecule has 1 aromatic rings. The van der Waals surface area contributed by atoms with Crippen LogP contribution in [0.3, 0.4) is 0 Å². The smallest absolute Gasteiger partial charge is 0.315 e. The van der Waals surface area contributed by atoms with Crippen LogP contribution >= 0.6 is 0 Å². The Labute approximate surface area is 133 Å². The summed E-state index contributed by atoms with van der Waals surface area (Å²) >= 11 is 0. The third kappa shape index (κ3) is 6.35. The van der Waals surface area contributed by atoms with Gasteiger partial charge in [-0.1, -0.05) is 25.1 Å². The molecule has 2 atom stereocenters. The highest BCUT2D eigenvalue weighted by molar-refractivity contribution is 5.74. The molecule has 0 radical (unpaired) electrons. The van der Waals surface area contributed by atoms with Gasteiger partial charge in [0, 0.05) is 24.8 Å². The van der Waals surface area contributed by atoms with Crippen LogP contribution in [0, 0.1) is 5.92 Å². The van der Waals surface area contributed by atoms with Crippen molar-refractivity contribution in [3.8, 4) is 5.75 Å². The monoisotopic (exact) mass is 308 g/mol. The van der Waals surface area contributed by atoms with Gasteiger partial charge < -0.3 is 20.5 Å². The number of aliphatic hydroxyl groups excluding tert-OH is 1. The van der Waals surface area contributed by atoms with Crippen molar-refractivity contribution in [1.29, 1.82) is 0 Å². The molecule has 0 aromatic heterocycles. The zero-order valence-corrected chi connectivity index (χ0v) is 14.1. The number of aliphatic hydroxyl groups is 1. The number of benzene rings is 1. The van der Waals surface area contributed by atoms with Crippen molar-refractivity contribution in [3.05, 3.63) is 29.8 Å². The minimum Gasteiger partial charge on any atom is -0.488 e.